The predicted octanol–water partition coefficient (Wildman–Crippen LogP) is 4.66. The highest BCUT2D eigenvalue weighted by Gasteiger charge is 2.18. The van der Waals surface area contributed by atoms with Gasteiger partial charge in [0.15, 0.2) is 11.6 Å². The van der Waals surface area contributed by atoms with E-state index in [0.29, 0.717) is 23.5 Å². The fourth-order valence-electron chi connectivity index (χ4n) is 2.09. The van der Waals surface area contributed by atoms with Gasteiger partial charge in [-0.3, -0.25) is 0 Å². The largest absolute Gasteiger partial charge is 0.497 e. The Labute approximate surface area is 130 Å². The van der Waals surface area contributed by atoms with E-state index < -0.39 is 11.6 Å². The first-order valence-electron chi connectivity index (χ1n) is 6.35. The molecule has 112 valence electrons. The van der Waals surface area contributed by atoms with Gasteiger partial charge in [0.1, 0.15) is 11.5 Å². The molecule has 0 bridgehead atoms. The molecule has 2 aromatic carbocycles. The molecule has 2 aromatic rings. The van der Waals surface area contributed by atoms with Gasteiger partial charge in [-0.25, -0.2) is 8.78 Å². The fourth-order valence-corrected chi connectivity index (χ4v) is 2.80. The van der Waals surface area contributed by atoms with Crippen molar-refractivity contribution >= 4 is 15.9 Å². The Bertz CT molecular complexity index is 632. The minimum atomic E-state index is -0.843. The summed E-state index contributed by atoms with van der Waals surface area (Å²) in [6.45, 7) is 0. The van der Waals surface area contributed by atoms with Crippen LogP contribution >= 0.6 is 15.9 Å². The van der Waals surface area contributed by atoms with Gasteiger partial charge in [0.25, 0.3) is 0 Å². The minimum absolute atomic E-state index is 0.223. The third kappa shape index (κ3) is 3.53. The second kappa shape index (κ2) is 6.89. The van der Waals surface area contributed by atoms with Crippen molar-refractivity contribution in [3.05, 3.63) is 59.2 Å². The lowest BCUT2D eigenvalue weighted by Crippen LogP contribution is -2.02. The van der Waals surface area contributed by atoms with E-state index >= 15 is 0 Å². The number of ether oxygens (including phenoxy) is 2. The Kier molecular flexibility index (Phi) is 5.17. The topological polar surface area (TPSA) is 18.5 Å². The van der Waals surface area contributed by atoms with Crippen molar-refractivity contribution in [1.29, 1.82) is 0 Å². The van der Waals surface area contributed by atoms with Gasteiger partial charge in [0, 0.05) is 10.4 Å². The number of alkyl halides is 1. The summed E-state index contributed by atoms with van der Waals surface area (Å²) in [6, 6.07) is 9.55. The third-order valence-corrected chi connectivity index (χ3v) is 4.02. The van der Waals surface area contributed by atoms with Crippen LogP contribution in [0.25, 0.3) is 0 Å². The summed E-state index contributed by atoms with van der Waals surface area (Å²) >= 11 is 3.51. The van der Waals surface area contributed by atoms with E-state index in [9.17, 15) is 8.78 Å². The van der Waals surface area contributed by atoms with Crippen LogP contribution in [0.2, 0.25) is 0 Å². The van der Waals surface area contributed by atoms with Crippen molar-refractivity contribution in [1.82, 2.24) is 0 Å². The first-order chi connectivity index (χ1) is 10.1. The van der Waals surface area contributed by atoms with E-state index in [-0.39, 0.29) is 4.83 Å². The molecule has 0 amide bonds. The Morgan fingerprint density at radius 1 is 1.10 bits per heavy atom. The van der Waals surface area contributed by atoms with Crippen LogP contribution in [0.5, 0.6) is 11.5 Å². The summed E-state index contributed by atoms with van der Waals surface area (Å²) in [5, 5.41) is 0. The highest BCUT2D eigenvalue weighted by atomic mass is 79.9. The normalized spacial score (nSPS) is 12.0. The van der Waals surface area contributed by atoms with E-state index in [0.717, 1.165) is 11.6 Å². The van der Waals surface area contributed by atoms with Gasteiger partial charge in [-0.15, -0.1) is 0 Å². The van der Waals surface area contributed by atoms with Crippen LogP contribution in [-0.4, -0.2) is 14.2 Å². The zero-order valence-electron chi connectivity index (χ0n) is 11.7. The predicted molar refractivity (Wildman–Crippen MR) is 81.3 cm³/mol. The van der Waals surface area contributed by atoms with Crippen molar-refractivity contribution in [2.75, 3.05) is 14.2 Å². The SMILES string of the molecule is COc1ccc(OC)c(C(Br)Cc2cccc(F)c2F)c1. The molecule has 2 nitrogen and oxygen atoms in total. The molecule has 0 aliphatic heterocycles. The number of benzene rings is 2. The van der Waals surface area contributed by atoms with Crippen molar-refractivity contribution in [3.63, 3.8) is 0 Å². The van der Waals surface area contributed by atoms with E-state index in [1.165, 1.54) is 6.07 Å². The molecule has 0 saturated carbocycles. The Morgan fingerprint density at radius 2 is 1.86 bits per heavy atom. The van der Waals surface area contributed by atoms with Crippen LogP contribution in [-0.2, 0) is 6.42 Å². The van der Waals surface area contributed by atoms with Gasteiger partial charge in [-0.1, -0.05) is 28.1 Å². The molecule has 1 atom stereocenters. The third-order valence-electron chi connectivity index (χ3n) is 3.21. The number of hydrogen-bond acceptors (Lipinski definition) is 2. The molecule has 0 heterocycles. The van der Waals surface area contributed by atoms with Crippen LogP contribution in [0.1, 0.15) is 16.0 Å². The Balaban J connectivity index is 2.31. The van der Waals surface area contributed by atoms with E-state index in [4.69, 9.17) is 9.47 Å². The number of hydrogen-bond donors (Lipinski definition) is 0. The van der Waals surface area contributed by atoms with Crippen molar-refractivity contribution in [2.24, 2.45) is 0 Å². The van der Waals surface area contributed by atoms with Gasteiger partial charge in [0.2, 0.25) is 0 Å². The molecule has 0 spiro atoms. The molecule has 0 N–H and O–H groups in total. The first-order valence-corrected chi connectivity index (χ1v) is 7.27. The lowest BCUT2D eigenvalue weighted by Gasteiger charge is -2.16. The highest BCUT2D eigenvalue weighted by Crippen LogP contribution is 2.36. The van der Waals surface area contributed by atoms with Crippen LogP contribution in [0.4, 0.5) is 8.78 Å². The average molecular weight is 357 g/mol. The average Bonchev–Trinajstić information content (AvgIpc) is 2.51. The summed E-state index contributed by atoms with van der Waals surface area (Å²) in [4.78, 5) is -0.223. The quantitative estimate of drug-likeness (QED) is 0.725. The molecule has 0 aliphatic rings. The molecule has 0 fully saturated rings. The molecule has 5 heteroatoms. The van der Waals surface area contributed by atoms with E-state index in [1.807, 2.05) is 6.07 Å². The molecule has 0 saturated heterocycles. The maximum absolute atomic E-state index is 13.8. The molecule has 2 rings (SSSR count). The highest BCUT2D eigenvalue weighted by molar-refractivity contribution is 9.09. The Hall–Kier alpha value is -1.62. The van der Waals surface area contributed by atoms with Crippen molar-refractivity contribution in [3.8, 4) is 11.5 Å². The van der Waals surface area contributed by atoms with Gasteiger partial charge in [0.05, 0.1) is 14.2 Å². The lowest BCUT2D eigenvalue weighted by atomic mass is 10.0. The maximum Gasteiger partial charge on any atom is 0.162 e. The molecule has 0 radical (unpaired) electrons. The summed E-state index contributed by atoms with van der Waals surface area (Å²) in [6.07, 6.45) is 0.299. The van der Waals surface area contributed by atoms with Crippen LogP contribution in [0, 0.1) is 11.6 Å². The molecule has 1 unspecified atom stereocenters. The monoisotopic (exact) mass is 356 g/mol. The maximum atomic E-state index is 13.8. The molecule has 0 aromatic heterocycles. The van der Waals surface area contributed by atoms with Gasteiger partial charge in [-0.05, 0) is 36.2 Å². The molecule has 0 aliphatic carbocycles. The molecular formula is C16H15BrF2O2. The smallest absolute Gasteiger partial charge is 0.162 e. The lowest BCUT2D eigenvalue weighted by molar-refractivity contribution is 0.398. The Morgan fingerprint density at radius 3 is 2.52 bits per heavy atom. The van der Waals surface area contributed by atoms with E-state index in [1.54, 1.807) is 32.4 Å². The minimum Gasteiger partial charge on any atom is -0.497 e. The zero-order chi connectivity index (χ0) is 15.4. The van der Waals surface area contributed by atoms with Gasteiger partial charge in [-0.2, -0.15) is 0 Å². The van der Waals surface area contributed by atoms with Crippen LogP contribution in [0.3, 0.4) is 0 Å². The number of methoxy groups -OCH3 is 2. The molecule has 21 heavy (non-hydrogen) atoms. The molecular weight excluding hydrogens is 342 g/mol. The van der Waals surface area contributed by atoms with Crippen molar-refractivity contribution < 1.29 is 18.3 Å². The standard InChI is InChI=1S/C16H15BrF2O2/c1-20-11-6-7-15(21-2)12(9-11)13(17)8-10-4-3-5-14(18)16(10)19/h3-7,9,13H,8H2,1-2H3. The second-order valence-corrected chi connectivity index (χ2v) is 5.60. The van der Waals surface area contributed by atoms with Crippen molar-refractivity contribution in [2.45, 2.75) is 11.2 Å². The summed E-state index contributed by atoms with van der Waals surface area (Å²) in [7, 11) is 3.13. The zero-order valence-corrected chi connectivity index (χ0v) is 13.3. The number of rotatable bonds is 5. The first kappa shape index (κ1) is 15.8. The summed E-state index contributed by atoms with van der Waals surface area (Å²) in [5.41, 5.74) is 1.13. The van der Waals surface area contributed by atoms with Gasteiger partial charge >= 0.3 is 0 Å². The van der Waals surface area contributed by atoms with Crippen LogP contribution in [0.15, 0.2) is 36.4 Å². The summed E-state index contributed by atoms with van der Waals surface area (Å²) < 4.78 is 37.5. The fraction of sp³-hybridized carbons (Fsp3) is 0.250. The summed E-state index contributed by atoms with van der Waals surface area (Å²) in [5.74, 6) is -0.321. The van der Waals surface area contributed by atoms with E-state index in [2.05, 4.69) is 15.9 Å². The number of halogens is 3. The van der Waals surface area contributed by atoms with Crippen LogP contribution < -0.4 is 9.47 Å². The van der Waals surface area contributed by atoms with Gasteiger partial charge < -0.3 is 9.47 Å². The second-order valence-electron chi connectivity index (χ2n) is 4.49.